The topological polar surface area (TPSA) is 101 Å². The van der Waals surface area contributed by atoms with Crippen LogP contribution in [0.3, 0.4) is 0 Å². The number of methoxy groups -OCH3 is 1. The average molecular weight is 371 g/mol. The van der Waals surface area contributed by atoms with Gasteiger partial charge < -0.3 is 24.7 Å². The number of rotatable bonds is 6. The third kappa shape index (κ3) is 4.11. The van der Waals surface area contributed by atoms with Crippen molar-refractivity contribution in [1.82, 2.24) is 5.32 Å². The van der Waals surface area contributed by atoms with Gasteiger partial charge in [0.15, 0.2) is 5.76 Å². The van der Waals surface area contributed by atoms with Crippen molar-refractivity contribution < 1.29 is 23.5 Å². The van der Waals surface area contributed by atoms with Crippen LogP contribution >= 0.6 is 0 Å². The monoisotopic (exact) mass is 371 g/mol. The maximum absolute atomic E-state index is 12.3. The summed E-state index contributed by atoms with van der Waals surface area (Å²) in [4.78, 5) is 37.9. The van der Waals surface area contributed by atoms with Gasteiger partial charge in [0, 0.05) is 24.7 Å². The molecule has 1 aliphatic rings. The summed E-state index contributed by atoms with van der Waals surface area (Å²) in [6.07, 6.45) is 2.72. The van der Waals surface area contributed by atoms with Gasteiger partial charge in [-0.05, 0) is 37.6 Å². The summed E-state index contributed by atoms with van der Waals surface area (Å²) in [6, 6.07) is 7.43. The van der Waals surface area contributed by atoms with Crippen LogP contribution in [0.25, 0.3) is 0 Å². The third-order valence-electron chi connectivity index (χ3n) is 4.30. The third-order valence-corrected chi connectivity index (χ3v) is 4.30. The van der Waals surface area contributed by atoms with E-state index >= 15 is 0 Å². The van der Waals surface area contributed by atoms with Crippen molar-refractivity contribution in [2.24, 2.45) is 0 Å². The van der Waals surface area contributed by atoms with Crippen molar-refractivity contribution in [2.45, 2.75) is 25.8 Å². The van der Waals surface area contributed by atoms with E-state index in [1.54, 1.807) is 36.1 Å². The Hall–Kier alpha value is -3.29. The Morgan fingerprint density at radius 3 is 2.74 bits per heavy atom. The van der Waals surface area contributed by atoms with Crippen LogP contribution in [0.5, 0.6) is 5.75 Å². The van der Waals surface area contributed by atoms with Crippen molar-refractivity contribution in [3.8, 4) is 5.75 Å². The van der Waals surface area contributed by atoms with Gasteiger partial charge in [0.25, 0.3) is 5.91 Å². The fraction of sp³-hybridized carbons (Fsp3) is 0.316. The molecule has 1 atom stereocenters. The normalized spacial score (nSPS) is 14.7. The van der Waals surface area contributed by atoms with Crippen molar-refractivity contribution in [1.29, 1.82) is 0 Å². The van der Waals surface area contributed by atoms with Crippen LogP contribution in [-0.2, 0) is 9.59 Å². The summed E-state index contributed by atoms with van der Waals surface area (Å²) in [5.41, 5.74) is 1.18. The Kier molecular flexibility index (Phi) is 5.44. The van der Waals surface area contributed by atoms with E-state index in [4.69, 9.17) is 9.15 Å². The summed E-state index contributed by atoms with van der Waals surface area (Å²) in [6.45, 7) is 2.22. The molecule has 1 fully saturated rings. The van der Waals surface area contributed by atoms with Gasteiger partial charge in [-0.1, -0.05) is 0 Å². The molecule has 8 nitrogen and oxygen atoms in total. The van der Waals surface area contributed by atoms with Gasteiger partial charge in [-0.3, -0.25) is 14.4 Å². The van der Waals surface area contributed by atoms with Crippen LogP contribution < -0.4 is 20.3 Å². The second kappa shape index (κ2) is 7.94. The highest BCUT2D eigenvalue weighted by Gasteiger charge is 2.25. The number of carbonyl (C=O) groups is 3. The first-order chi connectivity index (χ1) is 13.0. The van der Waals surface area contributed by atoms with Gasteiger partial charge in [0.1, 0.15) is 11.8 Å². The molecule has 1 aromatic carbocycles. The highest BCUT2D eigenvalue weighted by Crippen LogP contribution is 2.33. The van der Waals surface area contributed by atoms with E-state index in [1.165, 1.54) is 19.4 Å². The van der Waals surface area contributed by atoms with Gasteiger partial charge in [-0.25, -0.2) is 0 Å². The molecule has 2 N–H and O–H groups in total. The molecule has 0 radical (unpaired) electrons. The number of nitrogens with one attached hydrogen (secondary N) is 2. The minimum absolute atomic E-state index is 0.0550. The van der Waals surface area contributed by atoms with Crippen molar-refractivity contribution in [3.63, 3.8) is 0 Å². The van der Waals surface area contributed by atoms with Crippen LogP contribution in [0.4, 0.5) is 11.4 Å². The van der Waals surface area contributed by atoms with Gasteiger partial charge in [0.05, 0.1) is 19.1 Å². The number of nitrogens with zero attached hydrogens (tertiary/aromatic N) is 1. The number of hydrogen-bond acceptors (Lipinski definition) is 5. The van der Waals surface area contributed by atoms with E-state index in [0.29, 0.717) is 30.1 Å². The summed E-state index contributed by atoms with van der Waals surface area (Å²) in [5.74, 6) is -0.171. The summed E-state index contributed by atoms with van der Waals surface area (Å²) in [5, 5.41) is 5.29. The van der Waals surface area contributed by atoms with Gasteiger partial charge in [-0.2, -0.15) is 0 Å². The molecule has 3 amide bonds. The molecular formula is C19H21N3O5. The first-order valence-corrected chi connectivity index (χ1v) is 8.63. The molecule has 0 saturated carbocycles. The van der Waals surface area contributed by atoms with Crippen molar-refractivity contribution >= 4 is 29.1 Å². The Morgan fingerprint density at radius 2 is 2.11 bits per heavy atom. The Morgan fingerprint density at radius 1 is 1.30 bits per heavy atom. The van der Waals surface area contributed by atoms with Crippen LogP contribution in [0.1, 0.15) is 30.3 Å². The number of benzene rings is 1. The zero-order valence-electron chi connectivity index (χ0n) is 15.2. The Balaban J connectivity index is 1.66. The number of ether oxygens (including phenoxy) is 1. The quantitative estimate of drug-likeness (QED) is 0.810. The van der Waals surface area contributed by atoms with Crippen LogP contribution in [0, 0.1) is 0 Å². The lowest BCUT2D eigenvalue weighted by atomic mass is 10.2. The number of furan rings is 1. The Bertz CT molecular complexity index is 847. The largest absolute Gasteiger partial charge is 0.494 e. The van der Waals surface area contributed by atoms with Crippen LogP contribution in [-0.4, -0.2) is 37.4 Å². The van der Waals surface area contributed by atoms with E-state index in [0.717, 1.165) is 6.42 Å². The van der Waals surface area contributed by atoms with Gasteiger partial charge in [0.2, 0.25) is 11.8 Å². The fourth-order valence-corrected chi connectivity index (χ4v) is 2.87. The average Bonchev–Trinajstić information content (AvgIpc) is 3.33. The minimum atomic E-state index is -0.770. The molecule has 1 saturated heterocycles. The molecule has 1 aromatic heterocycles. The predicted octanol–water partition coefficient (Wildman–Crippen LogP) is 2.17. The molecule has 0 spiro atoms. The molecule has 0 aliphatic carbocycles. The number of carbonyl (C=O) groups excluding carboxylic acids is 3. The number of anilines is 2. The lowest BCUT2D eigenvalue weighted by molar-refractivity contribution is -0.118. The minimum Gasteiger partial charge on any atom is -0.494 e. The molecule has 1 aliphatic heterocycles. The molecule has 2 aromatic rings. The maximum Gasteiger partial charge on any atom is 0.287 e. The smallest absolute Gasteiger partial charge is 0.287 e. The van der Waals surface area contributed by atoms with Crippen LogP contribution in [0.15, 0.2) is 41.0 Å². The highest BCUT2D eigenvalue weighted by molar-refractivity contribution is 6.01. The van der Waals surface area contributed by atoms with Crippen LogP contribution in [0.2, 0.25) is 0 Å². The summed E-state index contributed by atoms with van der Waals surface area (Å²) < 4.78 is 10.4. The van der Waals surface area contributed by atoms with E-state index in [1.807, 2.05) is 0 Å². The fourth-order valence-electron chi connectivity index (χ4n) is 2.87. The predicted molar refractivity (Wildman–Crippen MR) is 98.8 cm³/mol. The Labute approximate surface area is 156 Å². The summed E-state index contributed by atoms with van der Waals surface area (Å²) >= 11 is 0. The molecule has 2 heterocycles. The molecule has 0 bridgehead atoms. The first-order valence-electron chi connectivity index (χ1n) is 8.63. The molecule has 8 heteroatoms. The molecule has 0 unspecified atom stereocenters. The maximum atomic E-state index is 12.3. The van der Waals surface area contributed by atoms with E-state index in [2.05, 4.69) is 10.6 Å². The lowest BCUT2D eigenvalue weighted by Gasteiger charge is -2.20. The SMILES string of the molecule is COc1cc(NC(=O)[C@H](C)NC(=O)c2ccco2)ccc1N1CCCC1=O. The second-order valence-electron chi connectivity index (χ2n) is 6.20. The van der Waals surface area contributed by atoms with Crippen molar-refractivity contribution in [2.75, 3.05) is 23.9 Å². The zero-order valence-corrected chi connectivity index (χ0v) is 15.2. The molecule has 142 valence electrons. The van der Waals surface area contributed by atoms with E-state index in [-0.39, 0.29) is 17.6 Å². The summed E-state index contributed by atoms with van der Waals surface area (Å²) in [7, 11) is 1.51. The van der Waals surface area contributed by atoms with Gasteiger partial charge in [-0.15, -0.1) is 0 Å². The molecular weight excluding hydrogens is 350 g/mol. The van der Waals surface area contributed by atoms with E-state index in [9.17, 15) is 14.4 Å². The number of amides is 3. The zero-order chi connectivity index (χ0) is 19.4. The molecule has 3 rings (SSSR count). The van der Waals surface area contributed by atoms with Gasteiger partial charge >= 0.3 is 0 Å². The first kappa shape index (κ1) is 18.5. The lowest BCUT2D eigenvalue weighted by Crippen LogP contribution is -2.41. The number of hydrogen-bond donors (Lipinski definition) is 2. The highest BCUT2D eigenvalue weighted by atomic mass is 16.5. The van der Waals surface area contributed by atoms with E-state index < -0.39 is 11.9 Å². The molecule has 27 heavy (non-hydrogen) atoms. The second-order valence-corrected chi connectivity index (χ2v) is 6.20. The van der Waals surface area contributed by atoms with Crippen molar-refractivity contribution in [3.05, 3.63) is 42.4 Å². The standard InChI is InChI=1S/C19H21N3O5/c1-12(20-19(25)15-5-4-10-27-15)18(24)21-13-7-8-14(16(11-13)26-2)22-9-3-6-17(22)23/h4-5,7-8,10-12H,3,6,9H2,1-2H3,(H,20,25)(H,21,24)/t12-/m0/s1.